The number of hydrogen-bond acceptors (Lipinski definition) is 3. The first kappa shape index (κ1) is 6.41. The molecule has 1 heterocycles. The predicted molar refractivity (Wildman–Crippen MR) is 36.0 cm³/mol. The minimum absolute atomic E-state index is 0.0289. The number of aliphatic hydroxyl groups excluding tert-OH is 1. The molecule has 0 unspecified atom stereocenters. The Bertz CT molecular complexity index is 208. The molecule has 1 aliphatic heterocycles. The molecule has 0 radical (unpaired) electrons. The van der Waals surface area contributed by atoms with Gasteiger partial charge in [-0.15, -0.1) is 5.11 Å². The second-order valence-electron chi connectivity index (χ2n) is 1.51. The van der Waals surface area contributed by atoms with Gasteiger partial charge in [-0.25, -0.2) is 0 Å². The molecule has 0 aromatic carbocycles. The molecule has 0 fully saturated rings. The molecule has 5 heteroatoms. The van der Waals surface area contributed by atoms with Crippen LogP contribution in [0.1, 0.15) is 0 Å². The molecule has 0 aromatic heterocycles. The number of azo groups is 1. The van der Waals surface area contributed by atoms with E-state index in [0.717, 1.165) is 0 Å². The van der Waals surface area contributed by atoms with Crippen LogP contribution >= 0.6 is 15.9 Å². The molecule has 48 valence electrons. The van der Waals surface area contributed by atoms with Crippen LogP contribution in [0, 0.1) is 5.41 Å². The molecule has 0 saturated heterocycles. The number of aliphatic hydroxyl groups is 1. The number of nitrogens with one attached hydrogen (secondary N) is 1. The van der Waals surface area contributed by atoms with E-state index >= 15 is 0 Å². The molecule has 0 aliphatic carbocycles. The van der Waals surface area contributed by atoms with E-state index in [0.29, 0.717) is 4.48 Å². The fraction of sp³-hybridized carbons (Fsp3) is 0.250. The fourth-order valence-corrected chi connectivity index (χ4v) is 0.628. The fourth-order valence-electron chi connectivity index (χ4n) is 0.423. The van der Waals surface area contributed by atoms with Crippen molar-refractivity contribution >= 4 is 21.8 Å². The summed E-state index contributed by atoms with van der Waals surface area (Å²) in [7, 11) is 0. The average Bonchev–Trinajstić information content (AvgIpc) is 1.83. The van der Waals surface area contributed by atoms with Gasteiger partial charge in [0.05, 0.1) is 0 Å². The summed E-state index contributed by atoms with van der Waals surface area (Å²) in [5, 5.41) is 22.7. The topological polar surface area (TPSA) is 68.8 Å². The van der Waals surface area contributed by atoms with Crippen LogP contribution < -0.4 is 0 Å². The van der Waals surface area contributed by atoms with E-state index < -0.39 is 0 Å². The Morgan fingerprint density at radius 3 is 2.78 bits per heavy atom. The van der Waals surface area contributed by atoms with Crippen molar-refractivity contribution in [3.63, 3.8) is 0 Å². The maximum atomic E-state index is 8.89. The van der Waals surface area contributed by atoms with Crippen LogP contribution in [0.2, 0.25) is 0 Å². The first-order valence-electron chi connectivity index (χ1n) is 2.26. The van der Waals surface area contributed by atoms with Gasteiger partial charge < -0.3 is 5.11 Å². The molecule has 2 N–H and O–H groups in total. The van der Waals surface area contributed by atoms with Crippen LogP contribution in [-0.4, -0.2) is 17.5 Å². The molecular weight excluding hydrogens is 186 g/mol. The zero-order chi connectivity index (χ0) is 6.85. The first-order valence-corrected chi connectivity index (χ1v) is 3.05. The van der Waals surface area contributed by atoms with Crippen molar-refractivity contribution in [3.8, 4) is 0 Å². The molecule has 0 amide bonds. The van der Waals surface area contributed by atoms with E-state index in [2.05, 4.69) is 26.2 Å². The van der Waals surface area contributed by atoms with Gasteiger partial charge in [0.2, 0.25) is 0 Å². The van der Waals surface area contributed by atoms with Crippen LogP contribution in [0.15, 0.2) is 20.5 Å². The molecule has 0 atom stereocenters. The highest BCUT2D eigenvalue weighted by molar-refractivity contribution is 9.12. The van der Waals surface area contributed by atoms with Gasteiger partial charge in [-0.05, 0) is 15.9 Å². The molecule has 0 bridgehead atoms. The van der Waals surface area contributed by atoms with E-state index in [1.165, 1.54) is 0 Å². The molecular formula is C4H4BrN3O. The van der Waals surface area contributed by atoms with Gasteiger partial charge in [0, 0.05) is 0 Å². The van der Waals surface area contributed by atoms with E-state index in [4.69, 9.17) is 10.5 Å². The van der Waals surface area contributed by atoms with Crippen LogP contribution in [-0.2, 0) is 0 Å². The lowest BCUT2D eigenvalue weighted by Crippen LogP contribution is -2.03. The Morgan fingerprint density at radius 1 is 1.67 bits per heavy atom. The predicted octanol–water partition coefficient (Wildman–Crippen LogP) is 1.59. The molecule has 9 heavy (non-hydrogen) atoms. The average molecular weight is 190 g/mol. The summed E-state index contributed by atoms with van der Waals surface area (Å²) in [6.45, 7) is 0.170. The third kappa shape index (κ3) is 1.16. The lowest BCUT2D eigenvalue weighted by atomic mass is 10.4. The maximum Gasteiger partial charge on any atom is 0.184 e. The zero-order valence-corrected chi connectivity index (χ0v) is 6.01. The Hall–Kier alpha value is -0.710. The molecule has 1 aliphatic rings. The summed E-state index contributed by atoms with van der Waals surface area (Å²) in [6.07, 6.45) is 0. The monoisotopic (exact) mass is 189 g/mol. The number of hydrogen-bond donors (Lipinski definition) is 2. The smallest absolute Gasteiger partial charge is 0.184 e. The Balaban J connectivity index is 2.92. The summed E-state index contributed by atoms with van der Waals surface area (Å²) < 4.78 is 0.331. The van der Waals surface area contributed by atoms with Gasteiger partial charge in [-0.3, -0.25) is 5.41 Å². The molecule has 0 aromatic rings. The van der Waals surface area contributed by atoms with Crippen molar-refractivity contribution < 1.29 is 5.11 Å². The van der Waals surface area contributed by atoms with Crippen molar-refractivity contribution in [2.45, 2.75) is 0 Å². The number of nitrogens with zero attached hydrogens (tertiary/aromatic N) is 2. The van der Waals surface area contributed by atoms with Crippen molar-refractivity contribution in [1.29, 1.82) is 5.41 Å². The normalized spacial score (nSPS) is 19.0. The standard InChI is InChI=1S/C4H4BrN3O/c5-3-2(9)1-7-8-4(3)6/h6,9H,1H2. The van der Waals surface area contributed by atoms with E-state index in [-0.39, 0.29) is 18.1 Å². The number of rotatable bonds is 0. The van der Waals surface area contributed by atoms with E-state index in [1.54, 1.807) is 0 Å². The van der Waals surface area contributed by atoms with Gasteiger partial charge in [0.25, 0.3) is 0 Å². The van der Waals surface area contributed by atoms with Crippen molar-refractivity contribution in [3.05, 3.63) is 10.2 Å². The summed E-state index contributed by atoms with van der Waals surface area (Å²) in [6, 6.07) is 0. The molecule has 4 nitrogen and oxygen atoms in total. The highest BCUT2D eigenvalue weighted by atomic mass is 79.9. The largest absolute Gasteiger partial charge is 0.509 e. The Kier molecular flexibility index (Phi) is 1.61. The van der Waals surface area contributed by atoms with Crippen molar-refractivity contribution in [2.24, 2.45) is 10.2 Å². The van der Waals surface area contributed by atoms with Crippen molar-refractivity contribution in [1.82, 2.24) is 0 Å². The van der Waals surface area contributed by atoms with E-state index in [9.17, 15) is 0 Å². The van der Waals surface area contributed by atoms with Crippen molar-refractivity contribution in [2.75, 3.05) is 6.54 Å². The highest BCUT2D eigenvalue weighted by Crippen LogP contribution is 2.16. The number of amidine groups is 1. The molecule has 0 saturated carbocycles. The van der Waals surface area contributed by atoms with Crippen LogP contribution in [0.5, 0.6) is 0 Å². The summed E-state index contributed by atoms with van der Waals surface area (Å²) in [5.74, 6) is 0.0359. The summed E-state index contributed by atoms with van der Waals surface area (Å²) in [4.78, 5) is 0. The van der Waals surface area contributed by atoms with Gasteiger partial charge in [-0.2, -0.15) is 5.11 Å². The summed E-state index contributed by atoms with van der Waals surface area (Å²) >= 11 is 2.97. The van der Waals surface area contributed by atoms with E-state index in [1.807, 2.05) is 0 Å². The zero-order valence-electron chi connectivity index (χ0n) is 4.43. The summed E-state index contributed by atoms with van der Waals surface area (Å²) in [5.41, 5.74) is 0. The number of halogens is 1. The van der Waals surface area contributed by atoms with Crippen LogP contribution in [0.25, 0.3) is 0 Å². The highest BCUT2D eigenvalue weighted by Gasteiger charge is 2.11. The first-order chi connectivity index (χ1) is 4.22. The van der Waals surface area contributed by atoms with Crippen LogP contribution in [0.4, 0.5) is 0 Å². The lowest BCUT2D eigenvalue weighted by molar-refractivity contribution is 0.399. The third-order valence-electron chi connectivity index (χ3n) is 0.852. The quantitative estimate of drug-likeness (QED) is 0.598. The Morgan fingerprint density at radius 2 is 2.33 bits per heavy atom. The molecule has 0 spiro atoms. The minimum Gasteiger partial charge on any atom is -0.509 e. The molecule has 1 rings (SSSR count). The second kappa shape index (κ2) is 2.26. The van der Waals surface area contributed by atoms with Gasteiger partial charge >= 0.3 is 0 Å². The Labute approximate surface area is 59.9 Å². The van der Waals surface area contributed by atoms with Gasteiger partial charge in [-0.1, -0.05) is 0 Å². The lowest BCUT2D eigenvalue weighted by Gasteiger charge is -2.03. The SMILES string of the molecule is N=C1N=NCC(O)=C1Br. The van der Waals surface area contributed by atoms with Gasteiger partial charge in [0.1, 0.15) is 16.8 Å². The second-order valence-corrected chi connectivity index (χ2v) is 2.30. The van der Waals surface area contributed by atoms with Crippen LogP contribution in [0.3, 0.4) is 0 Å². The minimum atomic E-state index is -0.0289. The van der Waals surface area contributed by atoms with Gasteiger partial charge in [0.15, 0.2) is 5.84 Å². The maximum absolute atomic E-state index is 8.89. The third-order valence-corrected chi connectivity index (χ3v) is 1.69.